The minimum absolute atomic E-state index is 0.0485. The summed E-state index contributed by atoms with van der Waals surface area (Å²) < 4.78 is 37.8. The second-order valence-corrected chi connectivity index (χ2v) is 6.90. The van der Waals surface area contributed by atoms with Crippen LogP contribution in [0.5, 0.6) is 0 Å². The molecule has 1 atom stereocenters. The lowest BCUT2D eigenvalue weighted by molar-refractivity contribution is -0.119. The molecule has 8 nitrogen and oxygen atoms in total. The van der Waals surface area contributed by atoms with Crippen molar-refractivity contribution in [3.05, 3.63) is 41.3 Å². The van der Waals surface area contributed by atoms with E-state index in [2.05, 4.69) is 20.8 Å². The molecule has 0 saturated carbocycles. The van der Waals surface area contributed by atoms with Crippen LogP contribution in [0.2, 0.25) is 0 Å². The summed E-state index contributed by atoms with van der Waals surface area (Å²) in [5, 5.41) is 12.7. The third-order valence-electron chi connectivity index (χ3n) is 3.92. The van der Waals surface area contributed by atoms with E-state index in [4.69, 9.17) is 9.15 Å². The van der Waals surface area contributed by atoms with Gasteiger partial charge in [0.05, 0.1) is 18.4 Å². The molecule has 0 unspecified atom stereocenters. The van der Waals surface area contributed by atoms with E-state index in [0.29, 0.717) is 6.54 Å². The Morgan fingerprint density at radius 3 is 2.71 bits per heavy atom. The standard InChI is InChI=1S/C17H18F2N4O4S/c18-11-4-1-5-12(19)15(11)16(25)21-8-14-22-23-17(27-14)28-9-13(24)20-7-10-3-2-6-26-10/h1,4-5,10H,2-3,6-9H2,(H,20,24)(H,21,25)/t10-/m1/s1. The first kappa shape index (κ1) is 20.2. The number of ether oxygens (including phenoxy) is 1. The van der Waals surface area contributed by atoms with Crippen LogP contribution in [0, 0.1) is 11.6 Å². The van der Waals surface area contributed by atoms with Gasteiger partial charge in [0.15, 0.2) is 0 Å². The maximum Gasteiger partial charge on any atom is 0.277 e. The number of carbonyl (C=O) groups is 2. The fourth-order valence-electron chi connectivity index (χ4n) is 2.54. The van der Waals surface area contributed by atoms with Crippen LogP contribution in [0.4, 0.5) is 8.78 Å². The molecule has 2 amide bonds. The Kier molecular flexibility index (Phi) is 6.93. The lowest BCUT2D eigenvalue weighted by Gasteiger charge is -2.09. The zero-order valence-electron chi connectivity index (χ0n) is 14.7. The summed E-state index contributed by atoms with van der Waals surface area (Å²) in [6, 6.07) is 3.15. The van der Waals surface area contributed by atoms with E-state index in [1.807, 2.05) is 0 Å². The number of amides is 2. The zero-order chi connectivity index (χ0) is 19.9. The van der Waals surface area contributed by atoms with Gasteiger partial charge in [-0.1, -0.05) is 17.8 Å². The first-order valence-electron chi connectivity index (χ1n) is 8.58. The minimum atomic E-state index is -0.965. The number of carbonyl (C=O) groups excluding carboxylic acids is 2. The van der Waals surface area contributed by atoms with Gasteiger partial charge in [0.25, 0.3) is 11.1 Å². The van der Waals surface area contributed by atoms with Gasteiger partial charge in [-0.2, -0.15) is 0 Å². The molecule has 2 heterocycles. The molecule has 28 heavy (non-hydrogen) atoms. The number of benzene rings is 1. The Hall–Kier alpha value is -2.53. The monoisotopic (exact) mass is 412 g/mol. The molecule has 1 aromatic carbocycles. The van der Waals surface area contributed by atoms with Crippen molar-refractivity contribution in [2.45, 2.75) is 30.7 Å². The number of rotatable bonds is 8. The fourth-order valence-corrected chi connectivity index (χ4v) is 3.15. The molecule has 0 radical (unpaired) electrons. The molecule has 150 valence electrons. The normalized spacial score (nSPS) is 16.1. The Bertz CT molecular complexity index is 822. The summed E-state index contributed by atoms with van der Waals surface area (Å²) >= 11 is 1.04. The average Bonchev–Trinajstić information content (AvgIpc) is 3.34. The van der Waals surface area contributed by atoms with Crippen LogP contribution < -0.4 is 10.6 Å². The van der Waals surface area contributed by atoms with Crippen molar-refractivity contribution >= 4 is 23.6 Å². The molecule has 0 bridgehead atoms. The van der Waals surface area contributed by atoms with Crippen LogP contribution in [0.1, 0.15) is 29.1 Å². The summed E-state index contributed by atoms with van der Waals surface area (Å²) in [5.41, 5.74) is -0.681. The molecule has 1 saturated heterocycles. The molecule has 0 spiro atoms. The average molecular weight is 412 g/mol. The van der Waals surface area contributed by atoms with E-state index in [1.165, 1.54) is 6.07 Å². The third-order valence-corrected chi connectivity index (χ3v) is 4.73. The highest BCUT2D eigenvalue weighted by Gasteiger charge is 2.19. The SMILES string of the molecule is O=C(CSc1nnc(CNC(=O)c2c(F)cccc2F)o1)NC[C@H]1CCCO1. The first-order valence-corrected chi connectivity index (χ1v) is 9.57. The van der Waals surface area contributed by atoms with Gasteiger partial charge >= 0.3 is 0 Å². The highest BCUT2D eigenvalue weighted by Crippen LogP contribution is 2.17. The third kappa shape index (κ3) is 5.49. The number of hydrogen-bond acceptors (Lipinski definition) is 7. The summed E-state index contributed by atoms with van der Waals surface area (Å²) in [6.45, 7) is 0.985. The lowest BCUT2D eigenvalue weighted by atomic mass is 10.2. The number of halogens is 2. The van der Waals surface area contributed by atoms with E-state index in [-0.39, 0.29) is 35.4 Å². The van der Waals surface area contributed by atoms with Crippen molar-refractivity contribution in [3.8, 4) is 0 Å². The van der Waals surface area contributed by atoms with Gasteiger partial charge in [-0.25, -0.2) is 8.78 Å². The topological polar surface area (TPSA) is 106 Å². The molecule has 3 rings (SSSR count). The minimum Gasteiger partial charge on any atom is -0.414 e. The van der Waals surface area contributed by atoms with Gasteiger partial charge < -0.3 is 19.8 Å². The number of aromatic nitrogens is 2. The molecule has 1 aliphatic heterocycles. The van der Waals surface area contributed by atoms with Crippen molar-refractivity contribution < 1.29 is 27.5 Å². The molecular weight excluding hydrogens is 394 g/mol. The van der Waals surface area contributed by atoms with Gasteiger partial charge in [0.2, 0.25) is 11.8 Å². The highest BCUT2D eigenvalue weighted by atomic mass is 32.2. The van der Waals surface area contributed by atoms with Crippen molar-refractivity contribution in [1.29, 1.82) is 0 Å². The fraction of sp³-hybridized carbons (Fsp3) is 0.412. The number of hydrogen-bond donors (Lipinski definition) is 2. The predicted molar refractivity (Wildman–Crippen MR) is 94.5 cm³/mol. The molecule has 2 aromatic rings. The second-order valence-electron chi connectivity index (χ2n) is 5.97. The maximum absolute atomic E-state index is 13.6. The van der Waals surface area contributed by atoms with Gasteiger partial charge in [0, 0.05) is 13.2 Å². The van der Waals surface area contributed by atoms with Gasteiger partial charge in [-0.05, 0) is 25.0 Å². The molecular formula is C17H18F2N4O4S. The molecule has 1 fully saturated rings. The van der Waals surface area contributed by atoms with Crippen LogP contribution in [0.15, 0.2) is 27.8 Å². The largest absolute Gasteiger partial charge is 0.414 e. The zero-order valence-corrected chi connectivity index (χ0v) is 15.6. The van der Waals surface area contributed by atoms with Crippen molar-refractivity contribution in [3.63, 3.8) is 0 Å². The van der Waals surface area contributed by atoms with Crippen LogP contribution >= 0.6 is 11.8 Å². The molecule has 1 aliphatic rings. The molecule has 11 heteroatoms. The van der Waals surface area contributed by atoms with E-state index in [1.54, 1.807) is 0 Å². The molecule has 0 aliphatic carbocycles. The quantitative estimate of drug-likeness (QED) is 0.635. The van der Waals surface area contributed by atoms with Crippen molar-refractivity contribution in [1.82, 2.24) is 20.8 Å². The highest BCUT2D eigenvalue weighted by molar-refractivity contribution is 7.99. The van der Waals surface area contributed by atoms with Crippen molar-refractivity contribution in [2.75, 3.05) is 18.9 Å². The van der Waals surface area contributed by atoms with Crippen LogP contribution in [0.3, 0.4) is 0 Å². The first-order chi connectivity index (χ1) is 13.5. The second kappa shape index (κ2) is 9.60. The summed E-state index contributed by atoms with van der Waals surface area (Å²) in [7, 11) is 0. The maximum atomic E-state index is 13.6. The Balaban J connectivity index is 1.42. The van der Waals surface area contributed by atoms with Gasteiger partial charge in [-0.3, -0.25) is 9.59 Å². The number of thioether (sulfide) groups is 1. The summed E-state index contributed by atoms with van der Waals surface area (Å²) in [6.07, 6.45) is 2.00. The summed E-state index contributed by atoms with van der Waals surface area (Å²) in [4.78, 5) is 23.7. The van der Waals surface area contributed by atoms with E-state index in [9.17, 15) is 18.4 Å². The Labute approximate surface area is 163 Å². The van der Waals surface area contributed by atoms with Gasteiger partial charge in [-0.15, -0.1) is 10.2 Å². The van der Waals surface area contributed by atoms with Crippen LogP contribution in [-0.4, -0.2) is 47.0 Å². The van der Waals surface area contributed by atoms with E-state index >= 15 is 0 Å². The Morgan fingerprint density at radius 2 is 2.00 bits per heavy atom. The molecule has 1 aromatic heterocycles. The number of nitrogens with zero attached hydrogens (tertiary/aromatic N) is 2. The van der Waals surface area contributed by atoms with E-state index < -0.39 is 23.1 Å². The Morgan fingerprint density at radius 1 is 1.21 bits per heavy atom. The van der Waals surface area contributed by atoms with Crippen LogP contribution in [0.25, 0.3) is 0 Å². The predicted octanol–water partition coefficient (Wildman–Crippen LogP) is 1.67. The van der Waals surface area contributed by atoms with Crippen molar-refractivity contribution in [2.24, 2.45) is 0 Å². The summed E-state index contributed by atoms with van der Waals surface area (Å²) in [5.74, 6) is -2.92. The van der Waals surface area contributed by atoms with Crippen LogP contribution in [-0.2, 0) is 16.1 Å². The number of nitrogens with one attached hydrogen (secondary N) is 2. The van der Waals surface area contributed by atoms with Gasteiger partial charge in [0.1, 0.15) is 17.2 Å². The smallest absolute Gasteiger partial charge is 0.277 e. The lowest BCUT2D eigenvalue weighted by Crippen LogP contribution is -2.32. The molecule has 2 N–H and O–H groups in total. The van der Waals surface area contributed by atoms with E-state index in [0.717, 1.165) is 43.3 Å².